The molecule has 6 nitrogen and oxygen atoms in total. The molecule has 0 radical (unpaired) electrons. The summed E-state index contributed by atoms with van der Waals surface area (Å²) < 4.78 is 1.44. The molecule has 0 spiro atoms. The van der Waals surface area contributed by atoms with E-state index in [0.29, 0.717) is 36.9 Å². The molecule has 2 aromatic heterocycles. The molecule has 6 heteroatoms. The fourth-order valence-corrected chi connectivity index (χ4v) is 3.68. The van der Waals surface area contributed by atoms with Gasteiger partial charge in [-0.1, -0.05) is 13.8 Å². The molecule has 2 unspecified atom stereocenters. The monoisotopic (exact) mass is 354 g/mol. The first kappa shape index (κ1) is 18.3. The highest BCUT2D eigenvalue weighted by atomic mass is 16.2. The Morgan fingerprint density at radius 1 is 1.19 bits per heavy atom. The van der Waals surface area contributed by atoms with Crippen molar-refractivity contribution in [2.24, 2.45) is 11.8 Å². The highest BCUT2D eigenvalue weighted by Crippen LogP contribution is 2.21. The molecule has 1 aliphatic heterocycles. The molecule has 3 rings (SSSR count). The quantitative estimate of drug-likeness (QED) is 0.828. The van der Waals surface area contributed by atoms with E-state index in [2.05, 4.69) is 23.9 Å². The van der Waals surface area contributed by atoms with Crippen LogP contribution in [-0.2, 0) is 11.3 Å². The normalized spacial score (nSPS) is 20.2. The zero-order valence-electron chi connectivity index (χ0n) is 15.5. The van der Waals surface area contributed by atoms with Gasteiger partial charge in [0.1, 0.15) is 0 Å². The van der Waals surface area contributed by atoms with Crippen LogP contribution < -0.4 is 5.56 Å². The summed E-state index contributed by atoms with van der Waals surface area (Å²) >= 11 is 0. The molecule has 3 heterocycles. The summed E-state index contributed by atoms with van der Waals surface area (Å²) in [5.41, 5.74) is 1.43. The number of hydrogen-bond acceptors (Lipinski definition) is 4. The maximum Gasteiger partial charge on any atom is 0.266 e. The van der Waals surface area contributed by atoms with Crippen molar-refractivity contribution < 1.29 is 4.79 Å². The van der Waals surface area contributed by atoms with Crippen molar-refractivity contribution in [1.29, 1.82) is 0 Å². The summed E-state index contributed by atoms with van der Waals surface area (Å²) in [7, 11) is 0. The second kappa shape index (κ2) is 8.25. The predicted molar refractivity (Wildman–Crippen MR) is 100 cm³/mol. The third-order valence-corrected chi connectivity index (χ3v) is 4.81. The molecule has 2 atom stereocenters. The number of piperidine rings is 1. The third-order valence-electron chi connectivity index (χ3n) is 4.81. The molecule has 2 aromatic rings. The number of aryl methyl sites for hydroxylation is 1. The van der Waals surface area contributed by atoms with Crippen LogP contribution in [0.25, 0.3) is 11.3 Å². The minimum absolute atomic E-state index is 0.148. The van der Waals surface area contributed by atoms with Gasteiger partial charge in [0.15, 0.2) is 0 Å². The van der Waals surface area contributed by atoms with Crippen LogP contribution in [0, 0.1) is 11.8 Å². The average molecular weight is 354 g/mol. The first-order valence-corrected chi connectivity index (χ1v) is 9.29. The van der Waals surface area contributed by atoms with E-state index in [0.717, 1.165) is 18.7 Å². The standard InChI is InChI=1S/C20H26N4O2/c1-15-11-16(2)14-23(13-15)19(25)6-4-10-24-20(26)8-7-18(22-24)17-5-3-9-21-12-17/h3,5,7-9,12,15-16H,4,6,10-11,13-14H2,1-2H3. The van der Waals surface area contributed by atoms with E-state index < -0.39 is 0 Å². The van der Waals surface area contributed by atoms with Gasteiger partial charge in [-0.2, -0.15) is 5.10 Å². The van der Waals surface area contributed by atoms with Gasteiger partial charge in [0.25, 0.3) is 5.56 Å². The van der Waals surface area contributed by atoms with E-state index in [4.69, 9.17) is 0 Å². The van der Waals surface area contributed by atoms with E-state index >= 15 is 0 Å². The number of likely N-dealkylation sites (tertiary alicyclic amines) is 1. The van der Waals surface area contributed by atoms with Gasteiger partial charge < -0.3 is 4.90 Å². The number of pyridine rings is 1. The Bertz CT molecular complexity index is 793. The van der Waals surface area contributed by atoms with E-state index in [-0.39, 0.29) is 11.5 Å². The van der Waals surface area contributed by atoms with Crippen molar-refractivity contribution in [3.05, 3.63) is 47.0 Å². The van der Waals surface area contributed by atoms with Gasteiger partial charge >= 0.3 is 0 Å². The Morgan fingerprint density at radius 3 is 2.65 bits per heavy atom. The highest BCUT2D eigenvalue weighted by molar-refractivity contribution is 5.76. The molecule has 0 aromatic carbocycles. The second-order valence-corrected chi connectivity index (χ2v) is 7.37. The number of nitrogens with zero attached hydrogens (tertiary/aromatic N) is 4. The zero-order valence-corrected chi connectivity index (χ0v) is 15.5. The van der Waals surface area contributed by atoms with Crippen molar-refractivity contribution in [2.45, 2.75) is 39.7 Å². The van der Waals surface area contributed by atoms with Gasteiger partial charge in [0, 0.05) is 50.1 Å². The van der Waals surface area contributed by atoms with Crippen molar-refractivity contribution in [2.75, 3.05) is 13.1 Å². The maximum absolute atomic E-state index is 12.5. The molecule has 1 fully saturated rings. The van der Waals surface area contributed by atoms with Crippen LogP contribution in [0.3, 0.4) is 0 Å². The lowest BCUT2D eigenvalue weighted by Crippen LogP contribution is -2.42. The smallest absolute Gasteiger partial charge is 0.266 e. The Morgan fingerprint density at radius 2 is 1.96 bits per heavy atom. The molecule has 138 valence electrons. The molecular formula is C20H26N4O2. The molecule has 26 heavy (non-hydrogen) atoms. The van der Waals surface area contributed by atoms with E-state index in [1.54, 1.807) is 18.5 Å². The second-order valence-electron chi connectivity index (χ2n) is 7.37. The number of carbonyl (C=O) groups excluding carboxylic acids is 1. The van der Waals surface area contributed by atoms with Gasteiger partial charge in [0.05, 0.1) is 5.69 Å². The van der Waals surface area contributed by atoms with Crippen LogP contribution in [0.15, 0.2) is 41.5 Å². The van der Waals surface area contributed by atoms with Crippen molar-refractivity contribution in [1.82, 2.24) is 19.7 Å². The highest BCUT2D eigenvalue weighted by Gasteiger charge is 2.24. The predicted octanol–water partition coefficient (Wildman–Crippen LogP) is 2.59. The molecule has 1 aliphatic rings. The topological polar surface area (TPSA) is 68.1 Å². The number of carbonyl (C=O) groups is 1. The lowest BCUT2D eigenvalue weighted by atomic mass is 9.91. The molecule has 0 N–H and O–H groups in total. The largest absolute Gasteiger partial charge is 0.342 e. The van der Waals surface area contributed by atoms with Crippen molar-refractivity contribution in [3.8, 4) is 11.3 Å². The lowest BCUT2D eigenvalue weighted by Gasteiger charge is -2.35. The van der Waals surface area contributed by atoms with Gasteiger partial charge in [-0.25, -0.2) is 4.68 Å². The molecular weight excluding hydrogens is 328 g/mol. The van der Waals surface area contributed by atoms with Gasteiger partial charge in [-0.3, -0.25) is 14.6 Å². The number of rotatable bonds is 5. The Labute approximate surface area is 153 Å². The van der Waals surface area contributed by atoms with E-state index in [1.165, 1.54) is 17.2 Å². The van der Waals surface area contributed by atoms with Crippen molar-refractivity contribution in [3.63, 3.8) is 0 Å². The van der Waals surface area contributed by atoms with Crippen LogP contribution in [0.5, 0.6) is 0 Å². The summed E-state index contributed by atoms with van der Waals surface area (Å²) in [4.78, 5) is 30.6. The number of hydrogen-bond donors (Lipinski definition) is 0. The van der Waals surface area contributed by atoms with Gasteiger partial charge in [0.2, 0.25) is 5.91 Å². The fraction of sp³-hybridized carbons (Fsp3) is 0.500. The number of amides is 1. The first-order valence-electron chi connectivity index (χ1n) is 9.29. The third kappa shape index (κ3) is 4.56. The molecule has 1 saturated heterocycles. The molecule has 0 aliphatic carbocycles. The van der Waals surface area contributed by atoms with E-state index in [9.17, 15) is 9.59 Å². The summed E-state index contributed by atoms with van der Waals surface area (Å²) in [6.45, 7) is 6.53. The minimum atomic E-state index is -0.148. The van der Waals surface area contributed by atoms with Crippen LogP contribution in [-0.4, -0.2) is 38.7 Å². The Hall–Kier alpha value is -2.50. The summed E-state index contributed by atoms with van der Waals surface area (Å²) in [5, 5.41) is 4.42. The summed E-state index contributed by atoms with van der Waals surface area (Å²) in [5.74, 6) is 1.30. The fourth-order valence-electron chi connectivity index (χ4n) is 3.68. The maximum atomic E-state index is 12.5. The zero-order chi connectivity index (χ0) is 18.5. The molecule has 0 bridgehead atoms. The van der Waals surface area contributed by atoms with Crippen LogP contribution in [0.2, 0.25) is 0 Å². The Kier molecular flexibility index (Phi) is 5.81. The minimum Gasteiger partial charge on any atom is -0.342 e. The van der Waals surface area contributed by atoms with E-state index in [1.807, 2.05) is 17.0 Å². The lowest BCUT2D eigenvalue weighted by molar-refractivity contribution is -0.134. The average Bonchev–Trinajstić information content (AvgIpc) is 2.63. The van der Waals surface area contributed by atoms with Crippen LogP contribution in [0.1, 0.15) is 33.1 Å². The molecule has 1 amide bonds. The SMILES string of the molecule is CC1CC(C)CN(C(=O)CCCn2nc(-c3cccnc3)ccc2=O)C1. The number of aromatic nitrogens is 3. The van der Waals surface area contributed by atoms with Crippen molar-refractivity contribution >= 4 is 5.91 Å². The summed E-state index contributed by atoms with van der Waals surface area (Å²) in [6, 6.07) is 6.97. The van der Waals surface area contributed by atoms with Gasteiger partial charge in [-0.15, -0.1) is 0 Å². The van der Waals surface area contributed by atoms with Gasteiger partial charge in [-0.05, 0) is 42.9 Å². The molecule has 0 saturated carbocycles. The Balaban J connectivity index is 1.59. The first-order chi connectivity index (χ1) is 12.5. The van der Waals surface area contributed by atoms with Crippen LogP contribution >= 0.6 is 0 Å². The van der Waals surface area contributed by atoms with Crippen LogP contribution in [0.4, 0.5) is 0 Å². The summed E-state index contributed by atoms with van der Waals surface area (Å²) in [6.07, 6.45) is 5.67.